The molecule has 4 amide bonds. The summed E-state index contributed by atoms with van der Waals surface area (Å²) in [6.45, 7) is 3.44. The third kappa shape index (κ3) is 3.24. The molecule has 4 rings (SSSR count). The van der Waals surface area contributed by atoms with Crippen molar-refractivity contribution in [2.75, 3.05) is 13.1 Å². The quantitative estimate of drug-likeness (QED) is 0.805. The van der Waals surface area contributed by atoms with Crippen molar-refractivity contribution in [2.45, 2.75) is 38.4 Å². The monoisotopic (exact) mass is 402 g/mol. The van der Waals surface area contributed by atoms with E-state index >= 15 is 0 Å². The van der Waals surface area contributed by atoms with E-state index < -0.39 is 12.1 Å². The second-order valence-electron chi connectivity index (χ2n) is 7.06. The minimum Gasteiger partial charge on any atom is -0.352 e. The maximum Gasteiger partial charge on any atom is 0.330 e. The van der Waals surface area contributed by atoms with Gasteiger partial charge in [-0.05, 0) is 31.2 Å². The largest absolute Gasteiger partial charge is 0.352 e. The van der Waals surface area contributed by atoms with Crippen LogP contribution in [0.25, 0.3) is 0 Å². The molecule has 0 saturated carbocycles. The number of nitrogens with one attached hydrogen (secondary N) is 1. The van der Waals surface area contributed by atoms with Crippen molar-refractivity contribution in [3.63, 3.8) is 0 Å². The molecule has 10 heteroatoms. The Morgan fingerprint density at radius 1 is 1.36 bits per heavy atom. The molecule has 1 unspecified atom stereocenters. The molecule has 0 aliphatic carbocycles. The predicted octanol–water partition coefficient (Wildman–Crippen LogP) is 1.44. The third-order valence-corrected chi connectivity index (χ3v) is 6.30. The number of carbonyl (C=O) groups is 3. The van der Waals surface area contributed by atoms with Gasteiger partial charge < -0.3 is 20.9 Å². The molecule has 2 aliphatic heterocycles. The molecular formula is C18H22N6O3S. The first-order valence-corrected chi connectivity index (χ1v) is 10.1. The third-order valence-electron chi connectivity index (χ3n) is 5.36. The summed E-state index contributed by atoms with van der Waals surface area (Å²) in [6, 6.07) is 2.19. The Morgan fingerprint density at radius 3 is 2.71 bits per heavy atom. The lowest BCUT2D eigenvalue weighted by Gasteiger charge is -2.37. The van der Waals surface area contributed by atoms with Crippen molar-refractivity contribution in [1.29, 1.82) is 0 Å². The highest BCUT2D eigenvalue weighted by molar-refractivity contribution is 7.10. The van der Waals surface area contributed by atoms with Gasteiger partial charge in [0.15, 0.2) is 0 Å². The number of thiophene rings is 1. The lowest BCUT2D eigenvalue weighted by atomic mass is 10.0. The summed E-state index contributed by atoms with van der Waals surface area (Å²) >= 11 is 1.40. The molecule has 0 aromatic carbocycles. The van der Waals surface area contributed by atoms with Gasteiger partial charge >= 0.3 is 12.1 Å². The first kappa shape index (κ1) is 18.5. The summed E-state index contributed by atoms with van der Waals surface area (Å²) < 4.78 is 1.65. The standard InChI is InChI=1S/C18H22N6O3S/c1-11-20-9-13-10-23(18(27)24(11)13)12-4-6-22(7-5-12)16(25)15(21-17(19)26)14-3-2-8-28-14/h2-3,8-9,12,15H,4-7,10H2,1H3,(H3,19,21,26). The zero-order valence-electron chi connectivity index (χ0n) is 15.5. The molecule has 1 saturated heterocycles. The highest BCUT2D eigenvalue weighted by Gasteiger charge is 2.37. The first-order valence-electron chi connectivity index (χ1n) is 9.18. The number of primary amides is 1. The number of hydrogen-bond donors (Lipinski definition) is 2. The van der Waals surface area contributed by atoms with Crippen molar-refractivity contribution in [1.82, 2.24) is 24.7 Å². The topological polar surface area (TPSA) is 114 Å². The molecule has 0 bridgehead atoms. The van der Waals surface area contributed by atoms with Crippen LogP contribution in [-0.4, -0.2) is 56.5 Å². The van der Waals surface area contributed by atoms with Gasteiger partial charge in [-0.25, -0.2) is 14.6 Å². The van der Waals surface area contributed by atoms with E-state index in [9.17, 15) is 14.4 Å². The summed E-state index contributed by atoms with van der Waals surface area (Å²) in [5.74, 6) is 0.533. The predicted molar refractivity (Wildman–Crippen MR) is 103 cm³/mol. The maximum atomic E-state index is 13.0. The van der Waals surface area contributed by atoms with E-state index in [1.807, 2.05) is 29.3 Å². The molecule has 2 aromatic rings. The highest BCUT2D eigenvalue weighted by atomic mass is 32.1. The SMILES string of the molecule is Cc1ncc2n1C(=O)N(C1CCN(C(=O)C(NC(N)=O)c3cccs3)CC1)C2. The van der Waals surface area contributed by atoms with Crippen LogP contribution in [0.1, 0.15) is 35.3 Å². The van der Waals surface area contributed by atoms with Crippen LogP contribution in [0.5, 0.6) is 0 Å². The second-order valence-corrected chi connectivity index (χ2v) is 8.04. The van der Waals surface area contributed by atoms with Crippen LogP contribution in [-0.2, 0) is 11.3 Å². The van der Waals surface area contributed by atoms with Crippen molar-refractivity contribution in [2.24, 2.45) is 5.73 Å². The Morgan fingerprint density at radius 2 is 2.11 bits per heavy atom. The molecule has 9 nitrogen and oxygen atoms in total. The van der Waals surface area contributed by atoms with E-state index in [2.05, 4.69) is 10.3 Å². The number of imidazole rings is 1. The van der Waals surface area contributed by atoms with Gasteiger partial charge in [0.1, 0.15) is 11.9 Å². The molecule has 1 atom stereocenters. The Bertz CT molecular complexity index is 901. The van der Waals surface area contributed by atoms with Gasteiger partial charge in [-0.15, -0.1) is 11.3 Å². The number of hydrogen-bond acceptors (Lipinski definition) is 5. The van der Waals surface area contributed by atoms with Crippen LogP contribution in [0.2, 0.25) is 0 Å². The Labute approximate surface area is 166 Å². The van der Waals surface area contributed by atoms with Gasteiger partial charge in [-0.1, -0.05) is 6.07 Å². The zero-order valence-corrected chi connectivity index (χ0v) is 16.3. The average Bonchev–Trinajstić information content (AvgIpc) is 3.39. The molecule has 148 valence electrons. The lowest BCUT2D eigenvalue weighted by molar-refractivity contribution is -0.134. The Kier molecular flexibility index (Phi) is 4.80. The van der Waals surface area contributed by atoms with E-state index in [1.165, 1.54) is 11.3 Å². The normalized spacial score (nSPS) is 18.2. The number of fused-ring (bicyclic) bond motifs is 1. The van der Waals surface area contributed by atoms with Gasteiger partial charge in [-0.2, -0.15) is 0 Å². The van der Waals surface area contributed by atoms with Gasteiger partial charge in [-0.3, -0.25) is 9.36 Å². The fraction of sp³-hybridized carbons (Fsp3) is 0.444. The minimum atomic E-state index is -0.767. The first-order chi connectivity index (χ1) is 13.5. The van der Waals surface area contributed by atoms with E-state index in [4.69, 9.17) is 5.73 Å². The Balaban J connectivity index is 1.40. The Hall–Kier alpha value is -2.88. The van der Waals surface area contributed by atoms with Crippen molar-refractivity contribution < 1.29 is 14.4 Å². The second kappa shape index (κ2) is 7.27. The number of piperidine rings is 1. The van der Waals surface area contributed by atoms with Crippen molar-refractivity contribution in [3.05, 3.63) is 40.1 Å². The van der Waals surface area contributed by atoms with Gasteiger partial charge in [0.25, 0.3) is 5.91 Å². The number of aryl methyl sites for hydroxylation is 1. The van der Waals surface area contributed by atoms with Crippen LogP contribution >= 0.6 is 11.3 Å². The summed E-state index contributed by atoms with van der Waals surface area (Å²) in [4.78, 5) is 45.6. The molecule has 0 radical (unpaired) electrons. The van der Waals surface area contributed by atoms with E-state index in [-0.39, 0.29) is 18.0 Å². The fourth-order valence-electron chi connectivity index (χ4n) is 3.95. The number of urea groups is 1. The molecular weight excluding hydrogens is 380 g/mol. The molecule has 4 heterocycles. The molecule has 1 fully saturated rings. The summed E-state index contributed by atoms with van der Waals surface area (Å²) in [5.41, 5.74) is 6.17. The van der Waals surface area contributed by atoms with Gasteiger partial charge in [0, 0.05) is 24.0 Å². The fourth-order valence-corrected chi connectivity index (χ4v) is 4.72. The molecule has 28 heavy (non-hydrogen) atoms. The average molecular weight is 402 g/mol. The van der Waals surface area contributed by atoms with E-state index in [0.717, 1.165) is 10.6 Å². The number of rotatable bonds is 4. The zero-order chi connectivity index (χ0) is 19.8. The van der Waals surface area contributed by atoms with Crippen LogP contribution in [0.4, 0.5) is 9.59 Å². The van der Waals surface area contributed by atoms with E-state index in [1.54, 1.807) is 15.7 Å². The summed E-state index contributed by atoms with van der Waals surface area (Å²) in [7, 11) is 0. The van der Waals surface area contributed by atoms with Crippen LogP contribution in [0, 0.1) is 6.92 Å². The number of aromatic nitrogens is 2. The molecule has 2 aliphatic rings. The number of carbonyl (C=O) groups excluding carboxylic acids is 3. The number of nitrogens with zero attached hydrogens (tertiary/aromatic N) is 4. The highest BCUT2D eigenvalue weighted by Crippen LogP contribution is 2.28. The summed E-state index contributed by atoms with van der Waals surface area (Å²) in [6.07, 6.45) is 3.14. The number of amides is 4. The van der Waals surface area contributed by atoms with Crippen LogP contribution in [0.3, 0.4) is 0 Å². The van der Waals surface area contributed by atoms with E-state index in [0.29, 0.717) is 38.3 Å². The minimum absolute atomic E-state index is 0.0402. The lowest BCUT2D eigenvalue weighted by Crippen LogP contribution is -2.50. The van der Waals surface area contributed by atoms with Gasteiger partial charge in [0.2, 0.25) is 0 Å². The van der Waals surface area contributed by atoms with Crippen molar-refractivity contribution in [3.8, 4) is 0 Å². The number of likely N-dealkylation sites (tertiary alicyclic amines) is 1. The molecule has 3 N–H and O–H groups in total. The molecule has 2 aromatic heterocycles. The number of nitrogens with two attached hydrogens (primary N) is 1. The van der Waals surface area contributed by atoms with Crippen LogP contribution in [0.15, 0.2) is 23.7 Å². The summed E-state index contributed by atoms with van der Waals surface area (Å²) in [5, 5.41) is 4.41. The van der Waals surface area contributed by atoms with Gasteiger partial charge in [0.05, 0.1) is 18.4 Å². The van der Waals surface area contributed by atoms with Crippen LogP contribution < -0.4 is 11.1 Å². The van der Waals surface area contributed by atoms with Crippen molar-refractivity contribution >= 4 is 29.3 Å². The maximum absolute atomic E-state index is 13.0. The molecule has 0 spiro atoms. The smallest absolute Gasteiger partial charge is 0.330 e.